The van der Waals surface area contributed by atoms with Gasteiger partial charge in [-0.25, -0.2) is 0 Å². The van der Waals surface area contributed by atoms with Crippen LogP contribution in [0.15, 0.2) is 11.1 Å². The van der Waals surface area contributed by atoms with Crippen LogP contribution in [-0.4, -0.2) is 17.3 Å². The van der Waals surface area contributed by atoms with E-state index in [1.54, 1.807) is 13.8 Å². The molecule has 0 aliphatic heterocycles. The molecule has 2 nitrogen and oxygen atoms in total. The minimum Gasteiger partial charge on any atom is -0.481 e. The van der Waals surface area contributed by atoms with E-state index in [1.165, 1.54) is 0 Å². The van der Waals surface area contributed by atoms with E-state index < -0.39 is 28.0 Å². The lowest BCUT2D eigenvalue weighted by Crippen LogP contribution is -2.20. The molecule has 6 heteroatoms. The molecule has 1 N–H and O–H groups in total. The van der Waals surface area contributed by atoms with E-state index in [9.17, 15) is 18.0 Å². The van der Waals surface area contributed by atoms with Crippen molar-refractivity contribution in [1.29, 1.82) is 0 Å². The number of hydrogen-bond donors (Lipinski definition) is 1. The largest absolute Gasteiger partial charge is 0.481 e. The molecule has 0 bridgehead atoms. The Morgan fingerprint density at radius 2 is 1.87 bits per heavy atom. The number of aliphatic carboxylic acids is 1. The summed E-state index contributed by atoms with van der Waals surface area (Å²) < 4.78 is 36.4. The Morgan fingerprint density at radius 3 is 2.07 bits per heavy atom. The number of allylic oxidation sites excluding steroid dienone is 1. The van der Waals surface area contributed by atoms with Crippen molar-refractivity contribution in [2.24, 2.45) is 10.8 Å². The Morgan fingerprint density at radius 1 is 1.47 bits per heavy atom. The summed E-state index contributed by atoms with van der Waals surface area (Å²) in [6.07, 6.45) is -3.90. The normalized spacial score (nSPS) is 30.1. The van der Waals surface area contributed by atoms with E-state index in [2.05, 4.69) is 0 Å². The Balaban J connectivity index is 3.04. The lowest BCUT2D eigenvalue weighted by atomic mass is 9.95. The SMILES string of the molecule is CC1(C)CC1(/C=C(\Cl)C(F)(F)F)C(=O)O. The number of halogens is 4. The molecule has 1 rings (SSSR count). The van der Waals surface area contributed by atoms with Crippen LogP contribution in [0.1, 0.15) is 20.3 Å². The minimum atomic E-state index is -4.68. The van der Waals surface area contributed by atoms with Gasteiger partial charge in [0.1, 0.15) is 5.03 Å². The number of carbonyl (C=O) groups is 1. The molecule has 15 heavy (non-hydrogen) atoms. The summed E-state index contributed by atoms with van der Waals surface area (Å²) in [6, 6.07) is 0. The van der Waals surface area contributed by atoms with Gasteiger partial charge in [-0.05, 0) is 17.9 Å². The van der Waals surface area contributed by atoms with Gasteiger partial charge in [0.2, 0.25) is 0 Å². The molecular formula is C9H10ClF3O2. The fourth-order valence-electron chi connectivity index (χ4n) is 1.62. The molecule has 86 valence electrons. The van der Waals surface area contributed by atoms with Crippen LogP contribution in [0.2, 0.25) is 0 Å². The van der Waals surface area contributed by atoms with Gasteiger partial charge in [0.15, 0.2) is 0 Å². The first kappa shape index (κ1) is 12.4. The van der Waals surface area contributed by atoms with Gasteiger partial charge in [-0.1, -0.05) is 25.4 Å². The highest BCUT2D eigenvalue weighted by Gasteiger charge is 2.66. The Labute approximate surface area is 89.7 Å². The minimum absolute atomic E-state index is 0.168. The van der Waals surface area contributed by atoms with Crippen molar-refractivity contribution < 1.29 is 23.1 Å². The number of carboxylic acids is 1. The van der Waals surface area contributed by atoms with Gasteiger partial charge in [-0.2, -0.15) is 13.2 Å². The van der Waals surface area contributed by atoms with Crippen LogP contribution in [0.4, 0.5) is 13.2 Å². The van der Waals surface area contributed by atoms with Crippen molar-refractivity contribution in [3.63, 3.8) is 0 Å². The monoisotopic (exact) mass is 242 g/mol. The van der Waals surface area contributed by atoms with Crippen LogP contribution in [0.5, 0.6) is 0 Å². The van der Waals surface area contributed by atoms with E-state index in [0.717, 1.165) is 0 Å². The summed E-state index contributed by atoms with van der Waals surface area (Å²) in [5.41, 5.74) is -2.15. The molecule has 1 fully saturated rings. The number of hydrogen-bond acceptors (Lipinski definition) is 1. The lowest BCUT2D eigenvalue weighted by Gasteiger charge is -2.12. The molecule has 1 aliphatic carbocycles. The van der Waals surface area contributed by atoms with Gasteiger partial charge in [-0.3, -0.25) is 4.79 Å². The summed E-state index contributed by atoms with van der Waals surface area (Å²) in [5, 5.41) is 7.52. The van der Waals surface area contributed by atoms with Crippen molar-refractivity contribution in [1.82, 2.24) is 0 Å². The molecule has 1 saturated carbocycles. The second kappa shape index (κ2) is 3.14. The van der Waals surface area contributed by atoms with Crippen LogP contribution >= 0.6 is 11.6 Å². The molecular weight excluding hydrogens is 233 g/mol. The molecule has 0 amide bonds. The zero-order valence-corrected chi connectivity index (χ0v) is 8.91. The smallest absolute Gasteiger partial charge is 0.426 e. The van der Waals surface area contributed by atoms with Crippen molar-refractivity contribution in [3.05, 3.63) is 11.1 Å². The van der Waals surface area contributed by atoms with E-state index >= 15 is 0 Å². The molecule has 0 heterocycles. The summed E-state index contributed by atoms with van der Waals surface area (Å²) in [5.74, 6) is -1.27. The molecule has 0 aromatic heterocycles. The highest BCUT2D eigenvalue weighted by molar-refractivity contribution is 6.30. The zero-order chi connectivity index (χ0) is 12.1. The highest BCUT2D eigenvalue weighted by Crippen LogP contribution is 2.65. The maximum Gasteiger partial charge on any atom is 0.426 e. The average molecular weight is 243 g/mol. The molecule has 0 aromatic rings. The zero-order valence-electron chi connectivity index (χ0n) is 8.15. The van der Waals surface area contributed by atoms with Gasteiger partial charge in [-0.15, -0.1) is 0 Å². The standard InChI is InChI=1S/C9H10ClF3O2/c1-7(2)4-8(7,6(14)15)3-5(10)9(11,12)13/h3H,4H2,1-2H3,(H,14,15)/b5-3-. The van der Waals surface area contributed by atoms with Crippen LogP contribution < -0.4 is 0 Å². The Kier molecular flexibility index (Phi) is 2.59. The Hall–Kier alpha value is -0.710. The molecule has 0 radical (unpaired) electrons. The average Bonchev–Trinajstić information content (AvgIpc) is 2.52. The van der Waals surface area contributed by atoms with E-state index in [0.29, 0.717) is 6.08 Å². The second-order valence-electron chi connectivity index (χ2n) is 4.33. The molecule has 0 spiro atoms. The fraction of sp³-hybridized carbons (Fsp3) is 0.667. The molecule has 1 unspecified atom stereocenters. The van der Waals surface area contributed by atoms with Crippen molar-refractivity contribution in [2.75, 3.05) is 0 Å². The van der Waals surface area contributed by atoms with Gasteiger partial charge in [0.05, 0.1) is 5.41 Å². The van der Waals surface area contributed by atoms with Crippen molar-refractivity contribution >= 4 is 17.6 Å². The number of rotatable bonds is 2. The molecule has 1 aliphatic rings. The van der Waals surface area contributed by atoms with Gasteiger partial charge in [0, 0.05) is 0 Å². The molecule has 0 aromatic carbocycles. The highest BCUT2D eigenvalue weighted by atomic mass is 35.5. The van der Waals surface area contributed by atoms with Crippen molar-refractivity contribution in [3.8, 4) is 0 Å². The first-order valence-electron chi connectivity index (χ1n) is 4.22. The predicted molar refractivity (Wildman–Crippen MR) is 48.5 cm³/mol. The number of carboxylic acid groups (broad SMARTS) is 1. The maximum atomic E-state index is 12.1. The van der Waals surface area contributed by atoms with E-state index in [1.807, 2.05) is 0 Å². The van der Waals surface area contributed by atoms with Gasteiger partial charge in [0.25, 0.3) is 0 Å². The summed E-state index contributed by atoms with van der Waals surface area (Å²) in [7, 11) is 0. The maximum absolute atomic E-state index is 12.1. The van der Waals surface area contributed by atoms with Crippen LogP contribution in [0, 0.1) is 10.8 Å². The van der Waals surface area contributed by atoms with Crippen LogP contribution in [0.25, 0.3) is 0 Å². The first-order chi connectivity index (χ1) is 6.53. The van der Waals surface area contributed by atoms with E-state index in [-0.39, 0.29) is 6.42 Å². The predicted octanol–water partition coefficient (Wildman–Crippen LogP) is 3.17. The first-order valence-corrected chi connectivity index (χ1v) is 4.60. The van der Waals surface area contributed by atoms with Crippen LogP contribution in [0.3, 0.4) is 0 Å². The third kappa shape index (κ3) is 1.97. The molecule has 1 atom stereocenters. The summed E-state index contributed by atoms with van der Waals surface area (Å²) in [4.78, 5) is 10.9. The van der Waals surface area contributed by atoms with Gasteiger partial charge < -0.3 is 5.11 Å². The lowest BCUT2D eigenvalue weighted by molar-refractivity contribution is -0.142. The molecule has 0 saturated heterocycles. The third-order valence-corrected chi connectivity index (χ3v) is 3.15. The third-order valence-electron chi connectivity index (χ3n) is 2.83. The summed E-state index contributed by atoms with van der Waals surface area (Å²) >= 11 is 5.03. The Bertz CT molecular complexity index is 333. The quantitative estimate of drug-likeness (QED) is 0.808. The topological polar surface area (TPSA) is 37.3 Å². The van der Waals surface area contributed by atoms with Gasteiger partial charge >= 0.3 is 12.1 Å². The fourth-order valence-corrected chi connectivity index (χ4v) is 1.81. The van der Waals surface area contributed by atoms with Crippen LogP contribution in [-0.2, 0) is 4.79 Å². The van der Waals surface area contributed by atoms with Crippen molar-refractivity contribution in [2.45, 2.75) is 26.4 Å². The summed E-state index contributed by atoms with van der Waals surface area (Å²) in [6.45, 7) is 3.19. The second-order valence-corrected chi connectivity index (χ2v) is 4.73. The number of alkyl halides is 3. The van der Waals surface area contributed by atoms with E-state index in [4.69, 9.17) is 16.7 Å².